The zero-order valence-electron chi connectivity index (χ0n) is 20.0. The second kappa shape index (κ2) is 9.84. The number of aryl methyl sites for hydroxylation is 1. The lowest BCUT2D eigenvalue weighted by Gasteiger charge is -2.38. The smallest absolute Gasteiger partial charge is 0.266 e. The number of rotatable bonds is 4. The van der Waals surface area contributed by atoms with Crippen molar-refractivity contribution in [2.75, 3.05) is 44.2 Å². The van der Waals surface area contributed by atoms with Crippen LogP contribution in [-0.4, -0.2) is 72.6 Å². The Labute approximate surface area is 214 Å². The fourth-order valence-corrected chi connectivity index (χ4v) is 6.56. The van der Waals surface area contributed by atoms with E-state index in [0.29, 0.717) is 44.0 Å². The van der Waals surface area contributed by atoms with E-state index < -0.39 is 10.0 Å². The number of carbonyl (C=O) groups excluding carboxylic acids is 1. The Morgan fingerprint density at radius 3 is 2.28 bits per heavy atom. The average molecular weight is 530 g/mol. The third-order valence-electron chi connectivity index (χ3n) is 7.08. The minimum atomic E-state index is -3.66. The number of aromatic nitrogens is 2. The second-order valence-corrected chi connectivity index (χ2v) is 11.7. The molecule has 36 heavy (non-hydrogen) atoms. The van der Waals surface area contributed by atoms with Crippen LogP contribution in [0.3, 0.4) is 0 Å². The number of halogens is 1. The van der Waals surface area contributed by atoms with Crippen LogP contribution in [0.5, 0.6) is 0 Å². The molecule has 2 saturated heterocycles. The SMILES string of the molecule is Cn1nc(N2CCC(C(=O)N3CCN(S(=O)(=O)c4ccc5cc(Cl)ccc5c4)CC3)CC2)ccc1=O. The first-order chi connectivity index (χ1) is 17.2. The van der Waals surface area contributed by atoms with Crippen LogP contribution in [-0.2, 0) is 21.9 Å². The van der Waals surface area contributed by atoms with Crippen molar-refractivity contribution >= 4 is 44.1 Å². The van der Waals surface area contributed by atoms with Gasteiger partial charge in [-0.15, -0.1) is 0 Å². The van der Waals surface area contributed by atoms with Gasteiger partial charge in [-0.1, -0.05) is 23.7 Å². The highest BCUT2D eigenvalue weighted by Gasteiger charge is 2.34. The van der Waals surface area contributed by atoms with Gasteiger partial charge in [0.1, 0.15) is 5.82 Å². The molecule has 0 saturated carbocycles. The molecule has 190 valence electrons. The van der Waals surface area contributed by atoms with Gasteiger partial charge in [0.2, 0.25) is 15.9 Å². The van der Waals surface area contributed by atoms with Crippen molar-refractivity contribution in [2.24, 2.45) is 13.0 Å². The standard InChI is InChI=1S/C25H28ClN5O4S/c1-28-24(32)7-6-23(27-28)29-10-8-18(9-11-29)25(33)30-12-14-31(15-13-30)36(34,35)22-5-3-19-16-21(26)4-2-20(19)17-22/h2-7,16-18H,8-15H2,1H3. The summed E-state index contributed by atoms with van der Waals surface area (Å²) < 4.78 is 29.3. The monoisotopic (exact) mass is 529 g/mol. The fourth-order valence-electron chi connectivity index (χ4n) is 4.93. The molecule has 2 fully saturated rings. The number of amides is 1. The van der Waals surface area contributed by atoms with Gasteiger partial charge in [0, 0.05) is 63.3 Å². The van der Waals surface area contributed by atoms with Crippen LogP contribution in [0.2, 0.25) is 5.02 Å². The lowest BCUT2D eigenvalue weighted by atomic mass is 9.95. The molecule has 1 aromatic heterocycles. The summed E-state index contributed by atoms with van der Waals surface area (Å²) in [5.74, 6) is 0.727. The van der Waals surface area contributed by atoms with Gasteiger partial charge in [0.05, 0.1) is 4.90 Å². The van der Waals surface area contributed by atoms with Crippen LogP contribution in [0.15, 0.2) is 58.2 Å². The molecule has 0 bridgehead atoms. The molecule has 2 aliphatic heterocycles. The van der Waals surface area contributed by atoms with Gasteiger partial charge in [-0.2, -0.15) is 9.40 Å². The highest BCUT2D eigenvalue weighted by molar-refractivity contribution is 7.89. The third-order valence-corrected chi connectivity index (χ3v) is 9.21. The van der Waals surface area contributed by atoms with Gasteiger partial charge >= 0.3 is 0 Å². The molecular formula is C25H28ClN5O4S. The van der Waals surface area contributed by atoms with Crippen LogP contribution in [0.25, 0.3) is 10.8 Å². The molecule has 0 N–H and O–H groups in total. The maximum atomic E-state index is 13.3. The molecule has 3 aromatic rings. The number of hydrogen-bond acceptors (Lipinski definition) is 6. The first-order valence-corrected chi connectivity index (χ1v) is 13.8. The predicted octanol–water partition coefficient (Wildman–Crippen LogP) is 2.34. The normalized spacial score (nSPS) is 18.1. The Morgan fingerprint density at radius 1 is 0.917 bits per heavy atom. The van der Waals surface area contributed by atoms with Crippen molar-refractivity contribution in [3.8, 4) is 0 Å². The lowest BCUT2D eigenvalue weighted by molar-refractivity contribution is -0.137. The fraction of sp³-hybridized carbons (Fsp3) is 0.400. The van der Waals surface area contributed by atoms with Crippen LogP contribution in [0.4, 0.5) is 5.82 Å². The number of hydrogen-bond donors (Lipinski definition) is 0. The summed E-state index contributed by atoms with van der Waals surface area (Å²) in [5.41, 5.74) is -0.157. The molecule has 2 aliphatic rings. The molecule has 0 atom stereocenters. The molecule has 0 unspecified atom stereocenters. The minimum absolute atomic E-state index is 0.0858. The van der Waals surface area contributed by atoms with Crippen molar-refractivity contribution in [3.05, 3.63) is 63.9 Å². The van der Waals surface area contributed by atoms with Gasteiger partial charge in [-0.05, 0) is 53.9 Å². The number of nitrogens with zero attached hydrogens (tertiary/aromatic N) is 5. The highest BCUT2D eigenvalue weighted by Crippen LogP contribution is 2.27. The number of piperidine rings is 1. The van der Waals surface area contributed by atoms with E-state index in [1.807, 2.05) is 6.07 Å². The van der Waals surface area contributed by atoms with E-state index >= 15 is 0 Å². The molecule has 3 heterocycles. The summed E-state index contributed by atoms with van der Waals surface area (Å²) in [6.07, 6.45) is 1.39. The summed E-state index contributed by atoms with van der Waals surface area (Å²) in [6.45, 7) is 2.67. The number of piperazine rings is 1. The Balaban J connectivity index is 1.18. The van der Waals surface area contributed by atoms with E-state index in [1.54, 1.807) is 48.3 Å². The highest BCUT2D eigenvalue weighted by atomic mass is 35.5. The van der Waals surface area contributed by atoms with Crippen molar-refractivity contribution in [1.82, 2.24) is 19.0 Å². The summed E-state index contributed by atoms with van der Waals surface area (Å²) in [5, 5.41) is 6.60. The Kier molecular flexibility index (Phi) is 6.76. The number of fused-ring (bicyclic) bond motifs is 1. The molecule has 11 heteroatoms. The second-order valence-electron chi connectivity index (χ2n) is 9.30. The molecular weight excluding hydrogens is 502 g/mol. The van der Waals surface area contributed by atoms with Crippen LogP contribution in [0, 0.1) is 5.92 Å². The van der Waals surface area contributed by atoms with Crippen molar-refractivity contribution in [1.29, 1.82) is 0 Å². The molecule has 1 amide bonds. The Hall–Kier alpha value is -2.95. The molecule has 9 nitrogen and oxygen atoms in total. The number of anilines is 1. The first kappa shape index (κ1) is 24.7. The minimum Gasteiger partial charge on any atom is -0.355 e. The molecule has 2 aromatic carbocycles. The quantitative estimate of drug-likeness (QED) is 0.515. The van der Waals surface area contributed by atoms with Crippen molar-refractivity contribution in [3.63, 3.8) is 0 Å². The molecule has 0 radical (unpaired) electrons. The van der Waals surface area contributed by atoms with Crippen LogP contribution in [0.1, 0.15) is 12.8 Å². The van der Waals surface area contributed by atoms with E-state index in [4.69, 9.17) is 11.6 Å². The predicted molar refractivity (Wildman–Crippen MR) is 139 cm³/mol. The summed E-state index contributed by atoms with van der Waals surface area (Å²) in [4.78, 5) is 28.9. The average Bonchev–Trinajstić information content (AvgIpc) is 2.89. The van der Waals surface area contributed by atoms with Crippen molar-refractivity contribution < 1.29 is 13.2 Å². The zero-order chi connectivity index (χ0) is 25.4. The van der Waals surface area contributed by atoms with Crippen LogP contribution >= 0.6 is 11.6 Å². The first-order valence-electron chi connectivity index (χ1n) is 12.0. The molecule has 0 aliphatic carbocycles. The number of carbonyl (C=O) groups is 1. The molecule has 5 rings (SSSR count). The number of sulfonamides is 1. The lowest BCUT2D eigenvalue weighted by Crippen LogP contribution is -2.52. The Morgan fingerprint density at radius 2 is 1.58 bits per heavy atom. The molecule has 0 spiro atoms. The maximum absolute atomic E-state index is 13.3. The van der Waals surface area contributed by atoms with Crippen LogP contribution < -0.4 is 10.5 Å². The Bertz CT molecular complexity index is 1460. The van der Waals surface area contributed by atoms with Crippen molar-refractivity contribution in [2.45, 2.75) is 17.7 Å². The summed E-state index contributed by atoms with van der Waals surface area (Å²) >= 11 is 6.04. The van der Waals surface area contributed by atoms with Gasteiger partial charge in [0.25, 0.3) is 5.56 Å². The van der Waals surface area contributed by atoms with Gasteiger partial charge in [-0.25, -0.2) is 13.1 Å². The van der Waals surface area contributed by atoms with E-state index in [1.165, 1.54) is 15.1 Å². The maximum Gasteiger partial charge on any atom is 0.266 e. The number of benzene rings is 2. The summed E-state index contributed by atoms with van der Waals surface area (Å²) in [7, 11) is -2.03. The van der Waals surface area contributed by atoms with Gasteiger partial charge in [0.15, 0.2) is 0 Å². The van der Waals surface area contributed by atoms with E-state index in [-0.39, 0.29) is 35.4 Å². The van der Waals surface area contributed by atoms with Gasteiger partial charge < -0.3 is 9.80 Å². The van der Waals surface area contributed by atoms with E-state index in [9.17, 15) is 18.0 Å². The van der Waals surface area contributed by atoms with Gasteiger partial charge in [-0.3, -0.25) is 9.59 Å². The van der Waals surface area contributed by atoms with E-state index in [0.717, 1.165) is 16.6 Å². The largest absolute Gasteiger partial charge is 0.355 e. The zero-order valence-corrected chi connectivity index (χ0v) is 21.6. The summed E-state index contributed by atoms with van der Waals surface area (Å²) in [6, 6.07) is 13.6. The topological polar surface area (TPSA) is 95.8 Å². The van der Waals surface area contributed by atoms with E-state index in [2.05, 4.69) is 10.00 Å². The third kappa shape index (κ3) is 4.85.